The van der Waals surface area contributed by atoms with Crippen molar-refractivity contribution in [1.82, 2.24) is 5.32 Å². The van der Waals surface area contributed by atoms with E-state index in [0.717, 1.165) is 10.0 Å². The van der Waals surface area contributed by atoms with Crippen LogP contribution in [0.15, 0.2) is 40.9 Å². The zero-order chi connectivity index (χ0) is 16.1. The standard InChI is InChI=1S/C16H15BrClNO3/c1-21-12-5-10(6-13(8-12)22-2)9-19-16(20)14-7-11(17)3-4-15(14)18/h3-8H,9H2,1-2H3,(H,19,20). The molecule has 1 N–H and O–H groups in total. The van der Waals surface area contributed by atoms with Crippen molar-refractivity contribution in [2.24, 2.45) is 0 Å². The van der Waals surface area contributed by atoms with Gasteiger partial charge in [-0.2, -0.15) is 0 Å². The Morgan fingerprint density at radius 1 is 1.14 bits per heavy atom. The third kappa shape index (κ3) is 4.15. The molecular weight excluding hydrogens is 370 g/mol. The lowest BCUT2D eigenvalue weighted by Crippen LogP contribution is -2.23. The molecule has 2 aromatic rings. The Kier molecular flexibility index (Phi) is 5.69. The number of benzene rings is 2. The normalized spacial score (nSPS) is 10.2. The molecule has 0 fully saturated rings. The molecule has 0 aliphatic heterocycles. The first-order valence-corrected chi connectivity index (χ1v) is 7.65. The Balaban J connectivity index is 2.12. The summed E-state index contributed by atoms with van der Waals surface area (Å²) in [5.74, 6) is 1.10. The van der Waals surface area contributed by atoms with Gasteiger partial charge >= 0.3 is 0 Å². The van der Waals surface area contributed by atoms with Crippen LogP contribution in [0, 0.1) is 0 Å². The summed E-state index contributed by atoms with van der Waals surface area (Å²) < 4.78 is 11.2. The molecule has 0 heterocycles. The second-order valence-corrected chi connectivity index (χ2v) is 5.85. The third-order valence-electron chi connectivity index (χ3n) is 3.04. The molecule has 0 aliphatic carbocycles. The molecule has 0 aromatic heterocycles. The van der Waals surface area contributed by atoms with E-state index in [2.05, 4.69) is 21.2 Å². The lowest BCUT2D eigenvalue weighted by Gasteiger charge is -2.10. The maximum absolute atomic E-state index is 12.2. The van der Waals surface area contributed by atoms with E-state index in [1.165, 1.54) is 0 Å². The largest absolute Gasteiger partial charge is 0.497 e. The van der Waals surface area contributed by atoms with Gasteiger partial charge in [-0.3, -0.25) is 4.79 Å². The number of hydrogen-bond donors (Lipinski definition) is 1. The monoisotopic (exact) mass is 383 g/mol. The number of ether oxygens (including phenoxy) is 2. The maximum Gasteiger partial charge on any atom is 0.253 e. The molecule has 1 amide bonds. The first-order chi connectivity index (χ1) is 10.5. The van der Waals surface area contributed by atoms with Crippen LogP contribution in [0.3, 0.4) is 0 Å². The number of halogens is 2. The molecule has 116 valence electrons. The Hall–Kier alpha value is -1.72. The van der Waals surface area contributed by atoms with Crippen LogP contribution in [0.1, 0.15) is 15.9 Å². The molecule has 0 unspecified atom stereocenters. The van der Waals surface area contributed by atoms with Gasteiger partial charge in [-0.15, -0.1) is 0 Å². The van der Waals surface area contributed by atoms with E-state index in [4.69, 9.17) is 21.1 Å². The molecule has 0 saturated heterocycles. The Labute approximate surface area is 142 Å². The van der Waals surface area contributed by atoms with Crippen LogP contribution >= 0.6 is 27.5 Å². The van der Waals surface area contributed by atoms with E-state index in [1.54, 1.807) is 38.5 Å². The van der Waals surface area contributed by atoms with Gasteiger partial charge < -0.3 is 14.8 Å². The SMILES string of the molecule is COc1cc(CNC(=O)c2cc(Br)ccc2Cl)cc(OC)c1. The molecule has 0 saturated carbocycles. The predicted molar refractivity (Wildman–Crippen MR) is 89.9 cm³/mol. The number of nitrogens with one attached hydrogen (secondary N) is 1. The van der Waals surface area contributed by atoms with Crippen LogP contribution < -0.4 is 14.8 Å². The first-order valence-electron chi connectivity index (χ1n) is 6.48. The fraction of sp³-hybridized carbons (Fsp3) is 0.188. The highest BCUT2D eigenvalue weighted by Crippen LogP contribution is 2.23. The molecular formula is C16H15BrClNO3. The summed E-state index contributed by atoms with van der Waals surface area (Å²) in [6, 6.07) is 10.6. The van der Waals surface area contributed by atoms with E-state index in [-0.39, 0.29) is 5.91 Å². The van der Waals surface area contributed by atoms with Crippen molar-refractivity contribution >= 4 is 33.4 Å². The van der Waals surface area contributed by atoms with Crippen LogP contribution in [0.2, 0.25) is 5.02 Å². The number of carbonyl (C=O) groups is 1. The van der Waals surface area contributed by atoms with Crippen molar-refractivity contribution in [3.63, 3.8) is 0 Å². The van der Waals surface area contributed by atoms with Crippen molar-refractivity contribution in [3.8, 4) is 11.5 Å². The molecule has 0 spiro atoms. The van der Waals surface area contributed by atoms with Gasteiger partial charge in [0.15, 0.2) is 0 Å². The highest BCUT2D eigenvalue weighted by Gasteiger charge is 2.11. The van der Waals surface area contributed by atoms with E-state index in [9.17, 15) is 4.79 Å². The molecule has 4 nitrogen and oxygen atoms in total. The maximum atomic E-state index is 12.2. The van der Waals surface area contributed by atoms with Gasteiger partial charge in [-0.25, -0.2) is 0 Å². The molecule has 0 aliphatic rings. The first kappa shape index (κ1) is 16.6. The van der Waals surface area contributed by atoms with Gasteiger partial charge in [0, 0.05) is 17.1 Å². The molecule has 22 heavy (non-hydrogen) atoms. The van der Waals surface area contributed by atoms with Gasteiger partial charge in [0.2, 0.25) is 0 Å². The summed E-state index contributed by atoms with van der Waals surface area (Å²) in [6.45, 7) is 0.342. The molecule has 0 radical (unpaired) electrons. The lowest BCUT2D eigenvalue weighted by atomic mass is 10.1. The van der Waals surface area contributed by atoms with Gasteiger partial charge in [-0.05, 0) is 35.9 Å². The fourth-order valence-electron chi connectivity index (χ4n) is 1.92. The number of amides is 1. The zero-order valence-electron chi connectivity index (χ0n) is 12.2. The fourth-order valence-corrected chi connectivity index (χ4v) is 2.48. The summed E-state index contributed by atoms with van der Waals surface area (Å²) >= 11 is 9.37. The summed E-state index contributed by atoms with van der Waals surface area (Å²) in [7, 11) is 3.16. The molecule has 2 aromatic carbocycles. The average Bonchev–Trinajstić information content (AvgIpc) is 2.54. The predicted octanol–water partition coefficient (Wildman–Crippen LogP) is 4.05. The van der Waals surface area contributed by atoms with E-state index < -0.39 is 0 Å². The van der Waals surface area contributed by atoms with Gasteiger partial charge in [0.25, 0.3) is 5.91 Å². The Morgan fingerprint density at radius 3 is 2.36 bits per heavy atom. The van der Waals surface area contributed by atoms with Crippen molar-refractivity contribution in [2.45, 2.75) is 6.54 Å². The van der Waals surface area contributed by atoms with E-state index in [0.29, 0.717) is 28.6 Å². The van der Waals surface area contributed by atoms with Crippen molar-refractivity contribution in [2.75, 3.05) is 14.2 Å². The van der Waals surface area contributed by atoms with Gasteiger partial charge in [-0.1, -0.05) is 27.5 Å². The number of carbonyl (C=O) groups excluding carboxylic acids is 1. The minimum absolute atomic E-state index is 0.243. The van der Waals surface area contributed by atoms with Crippen LogP contribution in [-0.2, 0) is 6.54 Å². The van der Waals surface area contributed by atoms with Crippen molar-refractivity contribution < 1.29 is 14.3 Å². The van der Waals surface area contributed by atoms with Crippen LogP contribution in [0.4, 0.5) is 0 Å². The number of rotatable bonds is 5. The Bertz CT molecular complexity index is 669. The summed E-state index contributed by atoms with van der Waals surface area (Å²) in [5.41, 5.74) is 1.29. The second kappa shape index (κ2) is 7.51. The quantitative estimate of drug-likeness (QED) is 0.846. The van der Waals surface area contributed by atoms with Crippen LogP contribution in [0.5, 0.6) is 11.5 Å². The van der Waals surface area contributed by atoms with E-state index in [1.807, 2.05) is 12.1 Å². The minimum Gasteiger partial charge on any atom is -0.497 e. The number of hydrogen-bond acceptors (Lipinski definition) is 3. The molecule has 6 heteroatoms. The third-order valence-corrected chi connectivity index (χ3v) is 3.86. The lowest BCUT2D eigenvalue weighted by molar-refractivity contribution is 0.0951. The number of methoxy groups -OCH3 is 2. The molecule has 2 rings (SSSR count). The minimum atomic E-state index is -0.243. The van der Waals surface area contributed by atoms with Crippen LogP contribution in [0.25, 0.3) is 0 Å². The van der Waals surface area contributed by atoms with Crippen molar-refractivity contribution in [1.29, 1.82) is 0 Å². The van der Waals surface area contributed by atoms with Gasteiger partial charge in [0.05, 0.1) is 24.8 Å². The highest BCUT2D eigenvalue weighted by atomic mass is 79.9. The van der Waals surface area contributed by atoms with E-state index >= 15 is 0 Å². The highest BCUT2D eigenvalue weighted by molar-refractivity contribution is 9.10. The summed E-state index contributed by atoms with van der Waals surface area (Å²) in [4.78, 5) is 12.2. The van der Waals surface area contributed by atoms with Crippen molar-refractivity contribution in [3.05, 3.63) is 57.0 Å². The topological polar surface area (TPSA) is 47.6 Å². The van der Waals surface area contributed by atoms with Crippen LogP contribution in [-0.4, -0.2) is 20.1 Å². The van der Waals surface area contributed by atoms with Gasteiger partial charge in [0.1, 0.15) is 11.5 Å². The molecule has 0 bridgehead atoms. The smallest absolute Gasteiger partial charge is 0.253 e. The Morgan fingerprint density at radius 2 is 1.77 bits per heavy atom. The second-order valence-electron chi connectivity index (χ2n) is 4.53. The zero-order valence-corrected chi connectivity index (χ0v) is 14.5. The average molecular weight is 385 g/mol. The summed E-state index contributed by atoms with van der Waals surface area (Å²) in [6.07, 6.45) is 0. The summed E-state index contributed by atoms with van der Waals surface area (Å²) in [5, 5.41) is 3.24. The molecule has 0 atom stereocenters.